The van der Waals surface area contributed by atoms with E-state index in [1.54, 1.807) is 0 Å². The van der Waals surface area contributed by atoms with Gasteiger partial charge in [-0.15, -0.1) is 0 Å². The van der Waals surface area contributed by atoms with Crippen molar-refractivity contribution in [2.24, 2.45) is 5.92 Å². The van der Waals surface area contributed by atoms with Crippen LogP contribution in [0.5, 0.6) is 0 Å². The molecular formula is C14H19N3. The van der Waals surface area contributed by atoms with E-state index in [0.29, 0.717) is 0 Å². The fraction of sp³-hybridized carbons (Fsp3) is 0.571. The largest absolute Gasteiger partial charge is 0.294 e. The summed E-state index contributed by atoms with van der Waals surface area (Å²) >= 11 is 0. The Kier molecular flexibility index (Phi) is 3.44. The topological polar surface area (TPSA) is 39.9 Å². The lowest BCUT2D eigenvalue weighted by Crippen LogP contribution is -2.49. The highest BCUT2D eigenvalue weighted by Crippen LogP contribution is 2.32. The minimum absolute atomic E-state index is 0.113. The second kappa shape index (κ2) is 4.85. The summed E-state index contributed by atoms with van der Waals surface area (Å²) in [6, 6.07) is 6.53. The molecule has 1 fully saturated rings. The van der Waals surface area contributed by atoms with Gasteiger partial charge in [0.05, 0.1) is 6.07 Å². The van der Waals surface area contributed by atoms with Crippen molar-refractivity contribution in [2.45, 2.75) is 38.8 Å². The van der Waals surface area contributed by atoms with Crippen LogP contribution in [0.3, 0.4) is 0 Å². The number of hydrogen-bond acceptors (Lipinski definition) is 3. The van der Waals surface area contributed by atoms with Crippen molar-refractivity contribution in [3.05, 3.63) is 30.1 Å². The zero-order valence-corrected chi connectivity index (χ0v) is 10.6. The van der Waals surface area contributed by atoms with Crippen molar-refractivity contribution in [3.63, 3.8) is 0 Å². The molecule has 1 saturated heterocycles. The van der Waals surface area contributed by atoms with E-state index in [4.69, 9.17) is 5.26 Å². The molecule has 0 bridgehead atoms. The first-order chi connectivity index (χ1) is 8.12. The predicted molar refractivity (Wildman–Crippen MR) is 67.1 cm³/mol. The SMILES string of the molecule is CC1(C)CC(C#N)CCN1Cc1ccncc1. The third-order valence-corrected chi connectivity index (χ3v) is 3.65. The number of likely N-dealkylation sites (tertiary alicyclic amines) is 1. The maximum atomic E-state index is 9.02. The molecule has 3 nitrogen and oxygen atoms in total. The number of pyridine rings is 1. The highest BCUT2D eigenvalue weighted by Gasteiger charge is 2.34. The van der Waals surface area contributed by atoms with Gasteiger partial charge in [0.15, 0.2) is 0 Å². The summed E-state index contributed by atoms with van der Waals surface area (Å²) < 4.78 is 0. The molecule has 0 saturated carbocycles. The lowest BCUT2D eigenvalue weighted by molar-refractivity contribution is 0.0527. The summed E-state index contributed by atoms with van der Waals surface area (Å²) in [7, 11) is 0. The summed E-state index contributed by atoms with van der Waals surface area (Å²) in [6.07, 6.45) is 5.63. The number of hydrogen-bond donors (Lipinski definition) is 0. The van der Waals surface area contributed by atoms with Crippen LogP contribution >= 0.6 is 0 Å². The second-order valence-corrected chi connectivity index (χ2v) is 5.41. The second-order valence-electron chi connectivity index (χ2n) is 5.41. The molecule has 0 amide bonds. The van der Waals surface area contributed by atoms with E-state index in [2.05, 4.69) is 41.9 Å². The molecule has 2 rings (SSSR count). The van der Waals surface area contributed by atoms with E-state index < -0.39 is 0 Å². The van der Waals surface area contributed by atoms with E-state index in [1.165, 1.54) is 5.56 Å². The Morgan fingerprint density at radius 2 is 2.18 bits per heavy atom. The molecule has 2 heterocycles. The molecule has 0 spiro atoms. The number of nitrogens with zero attached hydrogens (tertiary/aromatic N) is 3. The van der Waals surface area contributed by atoms with Crippen LogP contribution < -0.4 is 0 Å². The minimum atomic E-state index is 0.113. The van der Waals surface area contributed by atoms with Gasteiger partial charge in [0, 0.05) is 36.9 Å². The molecule has 0 radical (unpaired) electrons. The Morgan fingerprint density at radius 3 is 2.76 bits per heavy atom. The quantitative estimate of drug-likeness (QED) is 0.782. The van der Waals surface area contributed by atoms with Gasteiger partial charge in [-0.1, -0.05) is 0 Å². The van der Waals surface area contributed by atoms with Crippen LogP contribution in [0.25, 0.3) is 0 Å². The van der Waals surface area contributed by atoms with Crippen molar-refractivity contribution >= 4 is 0 Å². The molecular weight excluding hydrogens is 210 g/mol. The Hall–Kier alpha value is -1.40. The van der Waals surface area contributed by atoms with Gasteiger partial charge in [-0.3, -0.25) is 9.88 Å². The predicted octanol–water partition coefficient (Wildman–Crippen LogP) is 2.60. The van der Waals surface area contributed by atoms with E-state index in [1.807, 2.05) is 12.4 Å². The summed E-state index contributed by atoms with van der Waals surface area (Å²) in [5.41, 5.74) is 1.41. The molecule has 3 heteroatoms. The highest BCUT2D eigenvalue weighted by atomic mass is 15.2. The first-order valence-electron chi connectivity index (χ1n) is 6.15. The zero-order valence-electron chi connectivity index (χ0n) is 10.6. The molecule has 0 N–H and O–H groups in total. The summed E-state index contributed by atoms with van der Waals surface area (Å²) in [4.78, 5) is 6.51. The fourth-order valence-corrected chi connectivity index (χ4v) is 2.56. The molecule has 0 aliphatic carbocycles. The average Bonchev–Trinajstić information content (AvgIpc) is 2.33. The van der Waals surface area contributed by atoms with Gasteiger partial charge in [-0.2, -0.15) is 5.26 Å². The Bertz CT molecular complexity index is 405. The van der Waals surface area contributed by atoms with Crippen molar-refractivity contribution in [2.75, 3.05) is 6.54 Å². The number of aromatic nitrogens is 1. The zero-order chi connectivity index (χ0) is 12.3. The van der Waals surface area contributed by atoms with Gasteiger partial charge < -0.3 is 0 Å². The number of nitriles is 1. The standard InChI is InChI=1S/C14H19N3/c1-14(2)9-13(10-15)5-8-17(14)11-12-3-6-16-7-4-12/h3-4,6-7,13H,5,8-9,11H2,1-2H3. The van der Waals surface area contributed by atoms with Crippen LogP contribution in [0.15, 0.2) is 24.5 Å². The molecule has 1 unspecified atom stereocenters. The van der Waals surface area contributed by atoms with E-state index >= 15 is 0 Å². The monoisotopic (exact) mass is 229 g/mol. The maximum Gasteiger partial charge on any atom is 0.0657 e. The molecule has 90 valence electrons. The number of rotatable bonds is 2. The highest BCUT2D eigenvalue weighted by molar-refractivity contribution is 5.11. The normalized spacial score (nSPS) is 24.2. The lowest BCUT2D eigenvalue weighted by atomic mass is 9.83. The Balaban J connectivity index is 2.05. The first-order valence-corrected chi connectivity index (χ1v) is 6.15. The van der Waals surface area contributed by atoms with Gasteiger partial charge in [0.2, 0.25) is 0 Å². The van der Waals surface area contributed by atoms with Crippen LogP contribution in [0.4, 0.5) is 0 Å². The van der Waals surface area contributed by atoms with E-state index in [-0.39, 0.29) is 11.5 Å². The molecule has 1 atom stereocenters. The van der Waals surface area contributed by atoms with E-state index in [0.717, 1.165) is 25.9 Å². The van der Waals surface area contributed by atoms with Gasteiger partial charge in [-0.25, -0.2) is 0 Å². The van der Waals surface area contributed by atoms with Crippen molar-refractivity contribution in [3.8, 4) is 6.07 Å². The first kappa shape index (κ1) is 12.1. The molecule has 1 aromatic heterocycles. The summed E-state index contributed by atoms with van der Waals surface area (Å²) in [5.74, 6) is 0.221. The molecule has 1 aromatic rings. The van der Waals surface area contributed by atoms with E-state index in [9.17, 15) is 0 Å². The third kappa shape index (κ3) is 2.83. The minimum Gasteiger partial charge on any atom is -0.294 e. The van der Waals surface area contributed by atoms with Gasteiger partial charge >= 0.3 is 0 Å². The van der Waals surface area contributed by atoms with Crippen LogP contribution in [0.1, 0.15) is 32.3 Å². The number of piperidine rings is 1. The van der Waals surface area contributed by atoms with Crippen molar-refractivity contribution in [1.82, 2.24) is 9.88 Å². The van der Waals surface area contributed by atoms with Crippen molar-refractivity contribution < 1.29 is 0 Å². The molecule has 1 aliphatic heterocycles. The third-order valence-electron chi connectivity index (χ3n) is 3.65. The van der Waals surface area contributed by atoms with Gasteiger partial charge in [-0.05, 0) is 44.4 Å². The van der Waals surface area contributed by atoms with Gasteiger partial charge in [0.1, 0.15) is 0 Å². The van der Waals surface area contributed by atoms with Gasteiger partial charge in [0.25, 0.3) is 0 Å². The lowest BCUT2D eigenvalue weighted by Gasteiger charge is -2.44. The molecule has 1 aliphatic rings. The van der Waals surface area contributed by atoms with Crippen LogP contribution in [0, 0.1) is 17.2 Å². The average molecular weight is 229 g/mol. The smallest absolute Gasteiger partial charge is 0.0657 e. The van der Waals surface area contributed by atoms with Crippen LogP contribution in [0.2, 0.25) is 0 Å². The summed E-state index contributed by atoms with van der Waals surface area (Å²) in [6.45, 7) is 6.43. The fourth-order valence-electron chi connectivity index (χ4n) is 2.56. The summed E-state index contributed by atoms with van der Waals surface area (Å²) in [5, 5.41) is 9.02. The molecule has 17 heavy (non-hydrogen) atoms. The maximum absolute atomic E-state index is 9.02. The van der Waals surface area contributed by atoms with Crippen molar-refractivity contribution in [1.29, 1.82) is 5.26 Å². The Labute approximate surface area is 103 Å². The Morgan fingerprint density at radius 1 is 1.47 bits per heavy atom. The van der Waals surface area contributed by atoms with Crippen LogP contribution in [-0.4, -0.2) is 22.0 Å². The molecule has 0 aromatic carbocycles. The van der Waals surface area contributed by atoms with Crippen LogP contribution in [-0.2, 0) is 6.54 Å².